The highest BCUT2D eigenvalue weighted by molar-refractivity contribution is 5.68. The van der Waals surface area contributed by atoms with Crippen LogP contribution in [0.25, 0.3) is 0 Å². The number of piperidine rings is 1. The van der Waals surface area contributed by atoms with E-state index in [4.69, 9.17) is 4.74 Å². The van der Waals surface area contributed by atoms with E-state index in [2.05, 4.69) is 5.32 Å². The number of carbonyl (C=O) groups excluding carboxylic acids is 1. The van der Waals surface area contributed by atoms with E-state index in [1.165, 1.54) is 0 Å². The first-order valence-corrected chi connectivity index (χ1v) is 7.96. The third-order valence-electron chi connectivity index (χ3n) is 3.97. The fourth-order valence-corrected chi connectivity index (χ4v) is 2.34. The van der Waals surface area contributed by atoms with Gasteiger partial charge in [-0.3, -0.25) is 0 Å². The van der Waals surface area contributed by atoms with Crippen LogP contribution in [0.1, 0.15) is 60.8 Å². The largest absolute Gasteiger partial charge is 0.444 e. The normalized spacial score (nSPS) is 22.0. The lowest BCUT2D eigenvalue weighted by Crippen LogP contribution is -2.53. The van der Waals surface area contributed by atoms with E-state index in [1.54, 1.807) is 13.8 Å². The zero-order chi connectivity index (χ0) is 16.3. The molecule has 0 spiro atoms. The average Bonchev–Trinajstić information content (AvgIpc) is 2.33. The summed E-state index contributed by atoms with van der Waals surface area (Å²) in [5, 5.41) is 13.3. The Morgan fingerprint density at radius 1 is 1.33 bits per heavy atom. The van der Waals surface area contributed by atoms with Gasteiger partial charge in [-0.1, -0.05) is 0 Å². The maximum absolute atomic E-state index is 12.3. The van der Waals surface area contributed by atoms with Gasteiger partial charge in [-0.05, 0) is 60.8 Å². The summed E-state index contributed by atoms with van der Waals surface area (Å²) in [4.78, 5) is 14.1. The zero-order valence-electron chi connectivity index (χ0n) is 14.4. The number of ether oxygens (including phenoxy) is 1. The van der Waals surface area contributed by atoms with Crippen molar-refractivity contribution < 1.29 is 14.6 Å². The second-order valence-electron chi connectivity index (χ2n) is 7.61. The minimum Gasteiger partial charge on any atom is -0.444 e. The predicted octanol–water partition coefficient (Wildman–Crippen LogP) is 2.53. The summed E-state index contributed by atoms with van der Waals surface area (Å²) in [7, 11) is 0. The van der Waals surface area contributed by atoms with Gasteiger partial charge in [0.1, 0.15) is 5.60 Å². The number of amides is 1. The SMILES string of the molecule is CC(NCC1CCCCN1C(=O)OC(C)(C)C)C(C)(C)O. The molecule has 1 heterocycles. The van der Waals surface area contributed by atoms with Gasteiger partial charge in [0.25, 0.3) is 0 Å². The van der Waals surface area contributed by atoms with Gasteiger partial charge in [0.05, 0.1) is 5.60 Å². The molecule has 0 aromatic carbocycles. The predicted molar refractivity (Wildman–Crippen MR) is 84.3 cm³/mol. The molecule has 1 saturated heterocycles. The molecule has 2 atom stereocenters. The molecule has 0 aromatic heterocycles. The maximum atomic E-state index is 12.3. The van der Waals surface area contributed by atoms with E-state index in [1.807, 2.05) is 32.6 Å². The van der Waals surface area contributed by atoms with Gasteiger partial charge in [-0.15, -0.1) is 0 Å². The summed E-state index contributed by atoms with van der Waals surface area (Å²) in [6.45, 7) is 12.6. The fraction of sp³-hybridized carbons (Fsp3) is 0.938. The van der Waals surface area contributed by atoms with E-state index < -0.39 is 11.2 Å². The van der Waals surface area contributed by atoms with Gasteiger partial charge in [-0.25, -0.2) is 4.79 Å². The Kier molecular flexibility index (Phi) is 6.05. The first-order valence-electron chi connectivity index (χ1n) is 7.96. The molecule has 0 radical (unpaired) electrons. The Balaban J connectivity index is 2.59. The minimum atomic E-state index is -0.772. The molecule has 2 N–H and O–H groups in total. The molecule has 0 aromatic rings. The molecule has 5 nitrogen and oxygen atoms in total. The van der Waals surface area contributed by atoms with Crippen LogP contribution < -0.4 is 5.32 Å². The molecular weight excluding hydrogens is 268 g/mol. The van der Waals surface area contributed by atoms with Crippen molar-refractivity contribution in [1.29, 1.82) is 0 Å². The van der Waals surface area contributed by atoms with Crippen LogP contribution in [0, 0.1) is 0 Å². The molecule has 0 saturated carbocycles. The summed E-state index contributed by atoms with van der Waals surface area (Å²) < 4.78 is 5.49. The van der Waals surface area contributed by atoms with Crippen molar-refractivity contribution in [2.45, 2.75) is 84.1 Å². The van der Waals surface area contributed by atoms with Gasteiger partial charge < -0.3 is 20.1 Å². The highest BCUT2D eigenvalue weighted by Crippen LogP contribution is 2.20. The van der Waals surface area contributed by atoms with Crippen LogP contribution >= 0.6 is 0 Å². The molecule has 1 amide bonds. The molecule has 5 heteroatoms. The molecule has 124 valence electrons. The smallest absolute Gasteiger partial charge is 0.410 e. The lowest BCUT2D eigenvalue weighted by molar-refractivity contribution is 0.00681. The van der Waals surface area contributed by atoms with E-state index in [0.29, 0.717) is 6.54 Å². The van der Waals surface area contributed by atoms with E-state index >= 15 is 0 Å². The fourth-order valence-electron chi connectivity index (χ4n) is 2.34. The van der Waals surface area contributed by atoms with Gasteiger partial charge in [0, 0.05) is 25.2 Å². The lowest BCUT2D eigenvalue weighted by atomic mass is 9.98. The third-order valence-corrected chi connectivity index (χ3v) is 3.97. The van der Waals surface area contributed by atoms with Crippen molar-refractivity contribution in [1.82, 2.24) is 10.2 Å². The first kappa shape index (κ1) is 18.2. The second kappa shape index (κ2) is 6.97. The average molecular weight is 300 g/mol. The number of hydrogen-bond acceptors (Lipinski definition) is 4. The van der Waals surface area contributed by atoms with Crippen molar-refractivity contribution in [3.8, 4) is 0 Å². The van der Waals surface area contributed by atoms with Crippen LogP contribution in [0.3, 0.4) is 0 Å². The lowest BCUT2D eigenvalue weighted by Gasteiger charge is -2.38. The highest BCUT2D eigenvalue weighted by Gasteiger charge is 2.31. The number of carbonyl (C=O) groups is 1. The van der Waals surface area contributed by atoms with Gasteiger partial charge in [0.2, 0.25) is 0 Å². The minimum absolute atomic E-state index is 0.0279. The Morgan fingerprint density at radius 2 is 1.95 bits per heavy atom. The molecule has 1 fully saturated rings. The quantitative estimate of drug-likeness (QED) is 0.837. The molecule has 21 heavy (non-hydrogen) atoms. The summed E-state index contributed by atoms with van der Waals surface area (Å²) in [5.74, 6) is 0. The number of hydrogen-bond donors (Lipinski definition) is 2. The van der Waals surface area contributed by atoms with Crippen molar-refractivity contribution in [2.24, 2.45) is 0 Å². The summed E-state index contributed by atoms with van der Waals surface area (Å²) in [6.07, 6.45) is 2.90. The second-order valence-corrected chi connectivity index (χ2v) is 7.61. The molecule has 2 unspecified atom stereocenters. The molecule has 0 bridgehead atoms. The molecule has 1 rings (SSSR count). The number of nitrogens with one attached hydrogen (secondary N) is 1. The summed E-state index contributed by atoms with van der Waals surface area (Å²) in [5.41, 5.74) is -1.24. The van der Waals surface area contributed by atoms with Crippen molar-refractivity contribution in [3.63, 3.8) is 0 Å². The van der Waals surface area contributed by atoms with Gasteiger partial charge >= 0.3 is 6.09 Å². The zero-order valence-corrected chi connectivity index (χ0v) is 14.4. The first-order chi connectivity index (χ1) is 9.50. The number of nitrogens with zero attached hydrogens (tertiary/aromatic N) is 1. The molecule has 1 aliphatic rings. The maximum Gasteiger partial charge on any atom is 0.410 e. The van der Waals surface area contributed by atoms with Crippen molar-refractivity contribution in [3.05, 3.63) is 0 Å². The van der Waals surface area contributed by atoms with Crippen LogP contribution in [0.2, 0.25) is 0 Å². The molecule has 1 aliphatic heterocycles. The summed E-state index contributed by atoms with van der Waals surface area (Å²) in [6, 6.07) is 0.110. The number of aliphatic hydroxyl groups is 1. The monoisotopic (exact) mass is 300 g/mol. The standard InChI is InChI=1S/C16H32N2O3/c1-12(16(5,6)20)17-11-13-9-7-8-10-18(13)14(19)21-15(2,3)4/h12-13,17,20H,7-11H2,1-6H3. The topological polar surface area (TPSA) is 61.8 Å². The van der Waals surface area contributed by atoms with Crippen LogP contribution in [-0.2, 0) is 4.74 Å². The highest BCUT2D eigenvalue weighted by atomic mass is 16.6. The Hall–Kier alpha value is -0.810. The van der Waals surface area contributed by atoms with Crippen LogP contribution in [0.5, 0.6) is 0 Å². The Morgan fingerprint density at radius 3 is 2.48 bits per heavy atom. The Bertz CT molecular complexity index is 344. The third kappa shape index (κ3) is 6.22. The van der Waals surface area contributed by atoms with Crippen LogP contribution in [0.4, 0.5) is 4.79 Å². The molecule has 0 aliphatic carbocycles. The summed E-state index contributed by atoms with van der Waals surface area (Å²) >= 11 is 0. The number of rotatable bonds is 4. The van der Waals surface area contributed by atoms with E-state index in [9.17, 15) is 9.90 Å². The van der Waals surface area contributed by atoms with E-state index in [0.717, 1.165) is 25.8 Å². The van der Waals surface area contributed by atoms with Crippen LogP contribution in [-0.4, -0.2) is 52.5 Å². The molecular formula is C16H32N2O3. The van der Waals surface area contributed by atoms with Crippen LogP contribution in [0.15, 0.2) is 0 Å². The van der Waals surface area contributed by atoms with Crippen molar-refractivity contribution in [2.75, 3.05) is 13.1 Å². The number of likely N-dealkylation sites (tertiary alicyclic amines) is 1. The van der Waals surface area contributed by atoms with Gasteiger partial charge in [0.15, 0.2) is 0 Å². The van der Waals surface area contributed by atoms with Crippen molar-refractivity contribution >= 4 is 6.09 Å². The van der Waals surface area contributed by atoms with E-state index in [-0.39, 0.29) is 18.2 Å². The van der Waals surface area contributed by atoms with Gasteiger partial charge in [-0.2, -0.15) is 0 Å². The Labute approximate surface area is 129 Å².